The van der Waals surface area contributed by atoms with Gasteiger partial charge in [-0.3, -0.25) is 4.79 Å². The average Bonchev–Trinajstić information content (AvgIpc) is 3.24. The second-order valence-electron chi connectivity index (χ2n) is 7.28. The van der Waals surface area contributed by atoms with Crippen molar-refractivity contribution in [2.45, 2.75) is 38.5 Å². The summed E-state index contributed by atoms with van der Waals surface area (Å²) in [7, 11) is -3.64. The number of carbonyl (C=O) groups is 1. The Balaban J connectivity index is 2.01. The number of carbonyl (C=O) groups excluding carboxylic acids is 1. The monoisotopic (exact) mass is 415 g/mol. The van der Waals surface area contributed by atoms with Gasteiger partial charge in [-0.05, 0) is 50.1 Å². The summed E-state index contributed by atoms with van der Waals surface area (Å²) in [6.45, 7) is 8.11. The molecule has 1 aliphatic heterocycles. The first kappa shape index (κ1) is 21.3. The number of aryl methyl sites for hydroxylation is 1. The molecule has 0 bridgehead atoms. The van der Waals surface area contributed by atoms with E-state index in [4.69, 9.17) is 0 Å². The SMILES string of the molecule is CCN(CC)S(=O)(=O)c1ccc(N2CCCC2)c(C(=O)Nc2ccc(C)cc2)c1. The topological polar surface area (TPSA) is 69.7 Å². The van der Waals surface area contributed by atoms with Gasteiger partial charge in [-0.15, -0.1) is 0 Å². The van der Waals surface area contributed by atoms with Gasteiger partial charge in [0.15, 0.2) is 0 Å². The highest BCUT2D eigenvalue weighted by molar-refractivity contribution is 7.89. The molecule has 6 nitrogen and oxygen atoms in total. The molecule has 3 rings (SSSR count). The Kier molecular flexibility index (Phi) is 6.59. The van der Waals surface area contributed by atoms with Crippen molar-refractivity contribution >= 4 is 27.3 Å². The molecule has 7 heteroatoms. The Labute approximate surface area is 173 Å². The summed E-state index contributed by atoms with van der Waals surface area (Å²) in [5.41, 5.74) is 2.96. The predicted molar refractivity (Wildman–Crippen MR) is 117 cm³/mol. The zero-order chi connectivity index (χ0) is 21.0. The van der Waals surface area contributed by atoms with Crippen LogP contribution in [0, 0.1) is 6.92 Å². The summed E-state index contributed by atoms with van der Waals surface area (Å²) in [6, 6.07) is 12.5. The van der Waals surface area contributed by atoms with Crippen molar-refractivity contribution in [1.82, 2.24) is 4.31 Å². The lowest BCUT2D eigenvalue weighted by atomic mass is 10.1. The van der Waals surface area contributed by atoms with E-state index >= 15 is 0 Å². The van der Waals surface area contributed by atoms with Crippen LogP contribution in [0.15, 0.2) is 47.4 Å². The summed E-state index contributed by atoms with van der Waals surface area (Å²) in [6.07, 6.45) is 2.14. The van der Waals surface area contributed by atoms with Gasteiger partial charge in [0.05, 0.1) is 10.5 Å². The van der Waals surface area contributed by atoms with Gasteiger partial charge in [-0.1, -0.05) is 31.5 Å². The number of hydrogen-bond donors (Lipinski definition) is 1. The fourth-order valence-corrected chi connectivity index (χ4v) is 5.12. The molecule has 156 valence electrons. The molecule has 0 radical (unpaired) electrons. The van der Waals surface area contributed by atoms with E-state index in [2.05, 4.69) is 10.2 Å². The molecule has 1 fully saturated rings. The van der Waals surface area contributed by atoms with Crippen LogP contribution in [0.3, 0.4) is 0 Å². The van der Waals surface area contributed by atoms with Crippen LogP contribution in [0.2, 0.25) is 0 Å². The van der Waals surface area contributed by atoms with Gasteiger partial charge in [0.25, 0.3) is 5.91 Å². The predicted octanol–water partition coefficient (Wildman–Crippen LogP) is 3.88. The van der Waals surface area contributed by atoms with E-state index in [0.29, 0.717) is 24.3 Å². The van der Waals surface area contributed by atoms with Crippen LogP contribution in [0.1, 0.15) is 42.6 Å². The lowest BCUT2D eigenvalue weighted by molar-refractivity contribution is 0.102. The van der Waals surface area contributed by atoms with Crippen molar-refractivity contribution in [2.24, 2.45) is 0 Å². The van der Waals surface area contributed by atoms with Crippen LogP contribution in [-0.4, -0.2) is 44.8 Å². The number of benzene rings is 2. The average molecular weight is 416 g/mol. The molecule has 0 unspecified atom stereocenters. The molecular weight excluding hydrogens is 386 g/mol. The lowest BCUT2D eigenvalue weighted by Gasteiger charge is -2.23. The van der Waals surface area contributed by atoms with Gasteiger partial charge in [-0.25, -0.2) is 8.42 Å². The first-order valence-electron chi connectivity index (χ1n) is 10.1. The van der Waals surface area contributed by atoms with Crippen LogP contribution in [-0.2, 0) is 10.0 Å². The van der Waals surface area contributed by atoms with Crippen LogP contribution in [0.5, 0.6) is 0 Å². The Morgan fingerprint density at radius 1 is 1.03 bits per heavy atom. The van der Waals surface area contributed by atoms with E-state index in [9.17, 15) is 13.2 Å². The first-order valence-corrected chi connectivity index (χ1v) is 11.6. The fraction of sp³-hybridized carbons (Fsp3) is 0.409. The normalized spacial score (nSPS) is 14.4. The van der Waals surface area contributed by atoms with Crippen molar-refractivity contribution < 1.29 is 13.2 Å². The van der Waals surface area contributed by atoms with Crippen LogP contribution < -0.4 is 10.2 Å². The van der Waals surface area contributed by atoms with E-state index in [1.54, 1.807) is 12.1 Å². The molecule has 1 aliphatic rings. The van der Waals surface area contributed by atoms with Crippen LogP contribution in [0.25, 0.3) is 0 Å². The standard InChI is InChI=1S/C22H29N3O3S/c1-4-25(5-2)29(27,28)19-12-13-21(24-14-6-7-15-24)20(16-19)22(26)23-18-10-8-17(3)9-11-18/h8-13,16H,4-7,14-15H2,1-3H3,(H,23,26). The van der Waals surface area contributed by atoms with Gasteiger partial charge in [-0.2, -0.15) is 4.31 Å². The Hall–Kier alpha value is -2.38. The molecule has 1 amide bonds. The van der Waals surface area contributed by atoms with E-state index < -0.39 is 10.0 Å². The number of nitrogens with zero attached hydrogens (tertiary/aromatic N) is 2. The first-order chi connectivity index (χ1) is 13.9. The molecule has 0 aromatic heterocycles. The number of amides is 1. The Morgan fingerprint density at radius 2 is 1.66 bits per heavy atom. The smallest absolute Gasteiger partial charge is 0.257 e. The molecular formula is C22H29N3O3S. The largest absolute Gasteiger partial charge is 0.371 e. The highest BCUT2D eigenvalue weighted by Crippen LogP contribution is 2.29. The van der Waals surface area contributed by atoms with Crippen LogP contribution >= 0.6 is 0 Å². The Morgan fingerprint density at radius 3 is 2.24 bits per heavy atom. The molecule has 1 heterocycles. The molecule has 0 aliphatic carbocycles. The number of nitrogens with one attached hydrogen (secondary N) is 1. The summed E-state index contributed by atoms with van der Waals surface area (Å²) >= 11 is 0. The quantitative estimate of drug-likeness (QED) is 0.745. The van der Waals surface area contributed by atoms with Gasteiger partial charge in [0.2, 0.25) is 10.0 Å². The molecule has 2 aromatic rings. The second-order valence-corrected chi connectivity index (χ2v) is 9.22. The highest BCUT2D eigenvalue weighted by Gasteiger charge is 2.26. The zero-order valence-corrected chi connectivity index (χ0v) is 18.1. The molecule has 0 spiro atoms. The number of sulfonamides is 1. The number of hydrogen-bond acceptors (Lipinski definition) is 4. The molecule has 1 saturated heterocycles. The third-order valence-corrected chi connectivity index (χ3v) is 7.36. The van der Waals surface area contributed by atoms with Crippen molar-refractivity contribution in [3.05, 3.63) is 53.6 Å². The fourth-order valence-electron chi connectivity index (χ4n) is 3.64. The second kappa shape index (κ2) is 8.97. The maximum absolute atomic E-state index is 13.1. The maximum atomic E-state index is 13.1. The van der Waals surface area contributed by atoms with Crippen molar-refractivity contribution in [3.63, 3.8) is 0 Å². The number of anilines is 2. The molecule has 1 N–H and O–H groups in total. The van der Waals surface area contributed by atoms with Gasteiger partial charge < -0.3 is 10.2 Å². The Bertz CT molecular complexity index is 961. The van der Waals surface area contributed by atoms with Crippen LogP contribution in [0.4, 0.5) is 11.4 Å². The minimum Gasteiger partial charge on any atom is -0.371 e. The molecule has 0 saturated carbocycles. The van der Waals surface area contributed by atoms with E-state index in [-0.39, 0.29) is 10.8 Å². The summed E-state index contributed by atoms with van der Waals surface area (Å²) in [5, 5.41) is 2.91. The van der Waals surface area contributed by atoms with E-state index in [1.807, 2.05) is 45.0 Å². The maximum Gasteiger partial charge on any atom is 0.257 e. The number of rotatable bonds is 7. The zero-order valence-electron chi connectivity index (χ0n) is 17.3. The molecule has 2 aromatic carbocycles. The van der Waals surface area contributed by atoms with Gasteiger partial charge >= 0.3 is 0 Å². The van der Waals surface area contributed by atoms with Crippen molar-refractivity contribution in [3.8, 4) is 0 Å². The summed E-state index contributed by atoms with van der Waals surface area (Å²) in [5.74, 6) is -0.299. The third-order valence-electron chi connectivity index (χ3n) is 5.31. The molecule has 0 atom stereocenters. The van der Waals surface area contributed by atoms with Crippen molar-refractivity contribution in [1.29, 1.82) is 0 Å². The van der Waals surface area contributed by atoms with E-state index in [0.717, 1.165) is 37.2 Å². The minimum absolute atomic E-state index is 0.151. The third kappa shape index (κ3) is 4.62. The summed E-state index contributed by atoms with van der Waals surface area (Å²) in [4.78, 5) is 15.4. The van der Waals surface area contributed by atoms with Gasteiger partial charge in [0.1, 0.15) is 0 Å². The van der Waals surface area contributed by atoms with E-state index in [1.165, 1.54) is 10.4 Å². The molecule has 29 heavy (non-hydrogen) atoms. The van der Waals surface area contributed by atoms with Gasteiger partial charge in [0, 0.05) is 37.6 Å². The summed E-state index contributed by atoms with van der Waals surface area (Å²) < 4.78 is 27.4. The van der Waals surface area contributed by atoms with Crippen molar-refractivity contribution in [2.75, 3.05) is 36.4 Å². The highest BCUT2D eigenvalue weighted by atomic mass is 32.2. The lowest BCUT2D eigenvalue weighted by Crippen LogP contribution is -2.31. The minimum atomic E-state index is -3.64.